The Labute approximate surface area is 470 Å². The maximum absolute atomic E-state index is 15.4. The van der Waals surface area contributed by atoms with Crippen LogP contribution in [0.15, 0.2) is 285 Å². The molecule has 0 bridgehead atoms. The zero-order valence-corrected chi connectivity index (χ0v) is 45.4. The Balaban J connectivity index is 1.21. The van der Waals surface area contributed by atoms with E-state index in [-0.39, 0.29) is 46.2 Å². The van der Waals surface area contributed by atoms with Crippen molar-refractivity contribution in [2.45, 2.75) is 69.6 Å². The zero-order chi connectivity index (χ0) is 54.9. The second-order valence-electron chi connectivity index (χ2n) is 19.1. The number of carbonyl (C=O) groups is 1. The van der Waals surface area contributed by atoms with Gasteiger partial charge in [0.2, 0.25) is 6.41 Å². The summed E-state index contributed by atoms with van der Waals surface area (Å²) >= 11 is 0. The van der Waals surface area contributed by atoms with Gasteiger partial charge in [-0.3, -0.25) is 14.2 Å². The smallest absolute Gasteiger partial charge is 0.354 e. The van der Waals surface area contributed by atoms with E-state index < -0.39 is 37.6 Å². The van der Waals surface area contributed by atoms with Crippen molar-refractivity contribution < 1.29 is 42.2 Å². The Morgan fingerprint density at radius 1 is 0.388 bits per heavy atom. The lowest BCUT2D eigenvalue weighted by Gasteiger charge is -2.42. The van der Waals surface area contributed by atoms with E-state index in [0.29, 0.717) is 6.41 Å². The molecule has 406 valence electrons. The molecule has 0 spiro atoms. The van der Waals surface area contributed by atoms with Crippen LogP contribution in [0, 0.1) is 0 Å². The van der Waals surface area contributed by atoms with E-state index in [9.17, 15) is 4.79 Å². The van der Waals surface area contributed by atoms with E-state index in [1.165, 1.54) is 10.9 Å². The van der Waals surface area contributed by atoms with E-state index in [1.807, 2.05) is 273 Å². The first-order chi connectivity index (χ1) is 39.5. The van der Waals surface area contributed by atoms with Crippen molar-refractivity contribution >= 4 is 14.0 Å². The largest absolute Gasteiger partial charge is 0.368 e. The summed E-state index contributed by atoms with van der Waals surface area (Å²) in [7, 11) is -4.11. The third-order valence-corrected chi connectivity index (χ3v) is 15.0. The van der Waals surface area contributed by atoms with Crippen molar-refractivity contribution in [3.05, 3.63) is 335 Å². The molecule has 0 aliphatic rings. The Morgan fingerprint density at radius 2 is 0.700 bits per heavy atom. The number of benzene rings is 9. The molecule has 10 nitrogen and oxygen atoms in total. The number of nitrogens with zero attached hydrogens (tertiary/aromatic N) is 1. The summed E-state index contributed by atoms with van der Waals surface area (Å²) in [4.78, 5) is 20.8. The van der Waals surface area contributed by atoms with Crippen LogP contribution in [0.2, 0.25) is 0 Å². The predicted octanol–water partition coefficient (Wildman–Crippen LogP) is 14.9. The van der Waals surface area contributed by atoms with E-state index in [0.717, 1.165) is 50.1 Å². The standard InChI is InChI=1S/C69H66NO9P/c71-55-70(77-51-59-34-16-4-17-35-59)65(54-76-69(62-40-22-7-23-41-62,63-42-24-8-25-43-63)64-44-26-9-27-45-64)67(74-49-57-30-12-2-13-31-57)68(75-50-58-32-14-3-15-33-58)66(73-48-56-28-10-1-11-29-56)46-47-80(72,78-52-60-36-18-5-19-37-60)79-53-61-38-20-6-21-39-61/h1-47,55,65-68H,48-54H2/t65?,66-,67+,68-/m1/s1. The van der Waals surface area contributed by atoms with Gasteiger partial charge in [-0.1, -0.05) is 273 Å². The van der Waals surface area contributed by atoms with Crippen LogP contribution in [-0.4, -0.2) is 42.4 Å². The summed E-state index contributed by atoms with van der Waals surface area (Å²) in [5.41, 5.74) is 6.38. The summed E-state index contributed by atoms with van der Waals surface area (Å²) in [6, 6.07) is 87.1. The number of hydrogen-bond donors (Lipinski definition) is 0. The van der Waals surface area contributed by atoms with Gasteiger partial charge >= 0.3 is 7.60 Å². The van der Waals surface area contributed by atoms with Crippen molar-refractivity contribution in [1.82, 2.24) is 5.06 Å². The van der Waals surface area contributed by atoms with Gasteiger partial charge in [0, 0.05) is 5.82 Å². The molecule has 0 radical (unpaired) electrons. The molecular formula is C69H66NO9P. The van der Waals surface area contributed by atoms with Crippen molar-refractivity contribution in [3.63, 3.8) is 0 Å². The molecule has 0 aliphatic heterocycles. The molecule has 9 aromatic carbocycles. The van der Waals surface area contributed by atoms with Gasteiger partial charge in [0.1, 0.15) is 36.6 Å². The number of rotatable bonds is 31. The second kappa shape index (κ2) is 29.9. The van der Waals surface area contributed by atoms with Crippen LogP contribution < -0.4 is 0 Å². The molecule has 0 heterocycles. The van der Waals surface area contributed by atoms with Gasteiger partial charge in [-0.2, -0.15) is 0 Å². The molecule has 11 heteroatoms. The lowest BCUT2D eigenvalue weighted by Crippen LogP contribution is -2.56. The third kappa shape index (κ3) is 16.1. The molecule has 0 aromatic heterocycles. The minimum atomic E-state index is -4.11. The maximum Gasteiger partial charge on any atom is 0.354 e. The molecule has 4 atom stereocenters. The highest BCUT2D eigenvalue weighted by atomic mass is 31.2. The fourth-order valence-electron chi connectivity index (χ4n) is 9.37. The van der Waals surface area contributed by atoms with E-state index in [1.54, 1.807) is 6.08 Å². The van der Waals surface area contributed by atoms with Crippen molar-refractivity contribution in [2.24, 2.45) is 0 Å². The Morgan fingerprint density at radius 3 is 1.06 bits per heavy atom. The first-order valence-electron chi connectivity index (χ1n) is 26.8. The van der Waals surface area contributed by atoms with Gasteiger partial charge < -0.3 is 28.0 Å². The number of ether oxygens (including phenoxy) is 4. The molecule has 9 rings (SSSR count). The fourth-order valence-corrected chi connectivity index (χ4v) is 10.7. The Bertz CT molecular complexity index is 3100. The number of hydroxylamine groups is 2. The molecule has 1 amide bonds. The molecule has 9 aromatic rings. The van der Waals surface area contributed by atoms with Gasteiger partial charge in [-0.15, -0.1) is 0 Å². The second-order valence-corrected chi connectivity index (χ2v) is 21.0. The van der Waals surface area contributed by atoms with Crippen LogP contribution in [0.4, 0.5) is 0 Å². The van der Waals surface area contributed by atoms with Crippen LogP contribution in [0.5, 0.6) is 0 Å². The highest BCUT2D eigenvalue weighted by Gasteiger charge is 2.45. The molecule has 0 fully saturated rings. The van der Waals surface area contributed by atoms with Gasteiger partial charge in [-0.25, -0.2) is 5.06 Å². The van der Waals surface area contributed by atoms with Crippen LogP contribution >= 0.6 is 7.60 Å². The summed E-state index contributed by atoms with van der Waals surface area (Å²) < 4.78 is 57.3. The average Bonchev–Trinajstić information content (AvgIpc) is 3.55. The minimum Gasteiger partial charge on any atom is -0.368 e. The van der Waals surface area contributed by atoms with Crippen LogP contribution in [0.1, 0.15) is 50.1 Å². The molecular weight excluding hydrogens is 1020 g/mol. The van der Waals surface area contributed by atoms with E-state index >= 15 is 4.57 Å². The molecule has 0 saturated carbocycles. The SMILES string of the molecule is O=CN(OCc1ccccc1)C(COC(c1ccccc1)(c1ccccc1)c1ccccc1)[C@H](OCc1ccccc1)[C@H](OCc1ccccc1)[C@@H](C=CP(=O)(OCc1ccccc1)OCc1ccccc1)OCc1ccccc1. The highest BCUT2D eigenvalue weighted by molar-refractivity contribution is 7.57. The monoisotopic (exact) mass is 1080 g/mol. The summed E-state index contributed by atoms with van der Waals surface area (Å²) in [5.74, 6) is 1.46. The first kappa shape index (κ1) is 56.8. The summed E-state index contributed by atoms with van der Waals surface area (Å²) in [5, 5.41) is 1.28. The average molecular weight is 1080 g/mol. The maximum atomic E-state index is 15.4. The van der Waals surface area contributed by atoms with E-state index in [4.69, 9.17) is 32.8 Å². The lowest BCUT2D eigenvalue weighted by molar-refractivity contribution is -0.241. The van der Waals surface area contributed by atoms with Gasteiger partial charge in [0.15, 0.2) is 0 Å². The van der Waals surface area contributed by atoms with Crippen molar-refractivity contribution in [3.8, 4) is 0 Å². The van der Waals surface area contributed by atoms with Gasteiger partial charge in [0.25, 0.3) is 0 Å². The molecule has 80 heavy (non-hydrogen) atoms. The van der Waals surface area contributed by atoms with Crippen molar-refractivity contribution in [2.75, 3.05) is 6.61 Å². The highest BCUT2D eigenvalue weighted by Crippen LogP contribution is 2.52. The first-order valence-corrected chi connectivity index (χ1v) is 28.4. The Kier molecular flexibility index (Phi) is 21.3. The molecule has 0 saturated heterocycles. The topological polar surface area (TPSA) is 102 Å². The fraction of sp³-hybridized carbons (Fsp3) is 0.174. The van der Waals surface area contributed by atoms with Gasteiger partial charge in [-0.05, 0) is 56.1 Å². The summed E-state index contributed by atoms with van der Waals surface area (Å²) in [6.07, 6.45) is -0.949. The normalized spacial score (nSPS) is 13.3. The van der Waals surface area contributed by atoms with Crippen LogP contribution in [-0.2, 0) is 87.4 Å². The van der Waals surface area contributed by atoms with E-state index in [2.05, 4.69) is 0 Å². The lowest BCUT2D eigenvalue weighted by atomic mass is 9.80. The number of carbonyl (C=O) groups excluding carboxylic acids is 1. The molecule has 1 unspecified atom stereocenters. The molecule has 0 aliphatic carbocycles. The Hall–Kier alpha value is -7.86. The van der Waals surface area contributed by atoms with Crippen LogP contribution in [0.25, 0.3) is 0 Å². The van der Waals surface area contributed by atoms with Crippen LogP contribution in [0.3, 0.4) is 0 Å². The number of hydrogen-bond acceptors (Lipinski definition) is 9. The number of amides is 1. The third-order valence-electron chi connectivity index (χ3n) is 13.5. The van der Waals surface area contributed by atoms with Gasteiger partial charge in [0.05, 0.1) is 39.6 Å². The quantitative estimate of drug-likeness (QED) is 0.0182. The minimum absolute atomic E-state index is 0.00197. The zero-order valence-electron chi connectivity index (χ0n) is 44.5. The summed E-state index contributed by atoms with van der Waals surface area (Å²) in [6.45, 7) is 0.133. The molecule has 0 N–H and O–H groups in total. The predicted molar refractivity (Wildman–Crippen MR) is 312 cm³/mol. The van der Waals surface area contributed by atoms with Crippen molar-refractivity contribution in [1.29, 1.82) is 0 Å².